The van der Waals surface area contributed by atoms with Crippen molar-refractivity contribution in [2.24, 2.45) is 5.73 Å². The van der Waals surface area contributed by atoms with E-state index in [1.165, 1.54) is 4.68 Å². The molecule has 0 saturated carbocycles. The van der Waals surface area contributed by atoms with Crippen LogP contribution in [0.3, 0.4) is 0 Å². The number of esters is 1. The summed E-state index contributed by atoms with van der Waals surface area (Å²) in [5.41, 5.74) is 8.38. The second-order valence-corrected chi connectivity index (χ2v) is 6.34. The molecular formula is C18H22N6O3. The van der Waals surface area contributed by atoms with Gasteiger partial charge in [-0.05, 0) is 31.5 Å². The van der Waals surface area contributed by atoms with Crippen molar-refractivity contribution in [1.29, 1.82) is 0 Å². The first kappa shape index (κ1) is 18.4. The molecule has 1 aromatic heterocycles. The lowest BCUT2D eigenvalue weighted by Crippen LogP contribution is -2.31. The minimum atomic E-state index is -0.624. The molecule has 142 valence electrons. The van der Waals surface area contributed by atoms with Crippen molar-refractivity contribution in [2.75, 3.05) is 30.9 Å². The predicted molar refractivity (Wildman–Crippen MR) is 100 cm³/mol. The smallest absolute Gasteiger partial charge is 0.378 e. The molecule has 0 spiro atoms. The van der Waals surface area contributed by atoms with E-state index in [1.807, 2.05) is 43.3 Å². The highest BCUT2D eigenvalue weighted by Gasteiger charge is 2.34. The average molecular weight is 370 g/mol. The van der Waals surface area contributed by atoms with Crippen molar-refractivity contribution < 1.29 is 14.3 Å². The van der Waals surface area contributed by atoms with E-state index >= 15 is 0 Å². The number of allylic oxidation sites excluding steroid dienone is 1. The molecule has 2 heterocycles. The van der Waals surface area contributed by atoms with Crippen LogP contribution in [-0.4, -0.2) is 47.3 Å². The van der Waals surface area contributed by atoms with E-state index in [0.717, 1.165) is 11.3 Å². The Hall–Kier alpha value is -3.36. The number of amides is 1. The second-order valence-electron chi connectivity index (χ2n) is 6.34. The van der Waals surface area contributed by atoms with Gasteiger partial charge in [-0.15, -0.1) is 5.10 Å². The number of hydrogen-bond acceptors (Lipinski definition) is 7. The van der Waals surface area contributed by atoms with Gasteiger partial charge in [-0.25, -0.2) is 9.48 Å². The first-order chi connectivity index (χ1) is 12.8. The number of hydrogen-bond donors (Lipinski definition) is 2. The fourth-order valence-electron chi connectivity index (χ4n) is 3.02. The molecular weight excluding hydrogens is 348 g/mol. The summed E-state index contributed by atoms with van der Waals surface area (Å²) in [6.45, 7) is 3.66. The van der Waals surface area contributed by atoms with E-state index in [-0.39, 0.29) is 12.4 Å². The van der Waals surface area contributed by atoms with Crippen LogP contribution in [0.15, 0.2) is 35.5 Å². The second kappa shape index (κ2) is 7.10. The summed E-state index contributed by atoms with van der Waals surface area (Å²) in [7, 11) is 3.89. The molecule has 1 atom stereocenters. The van der Waals surface area contributed by atoms with Crippen molar-refractivity contribution in [3.8, 4) is 0 Å². The Labute approximate surface area is 156 Å². The van der Waals surface area contributed by atoms with Gasteiger partial charge in [0.25, 0.3) is 5.82 Å². The standard InChI is InChI=1S/C18H22N6O3/c1-5-27-17(26)16-21-18-20-10(2)13(15(19)25)14(24(18)22-16)11-6-8-12(9-7-11)23(3)4/h6-9,14H,5H2,1-4H3,(H2,19,25)(H,20,21,22). The maximum absolute atomic E-state index is 12.1. The Bertz CT molecular complexity index is 914. The Balaban J connectivity index is 2.11. The summed E-state index contributed by atoms with van der Waals surface area (Å²) < 4.78 is 6.46. The number of carbonyl (C=O) groups is 2. The Morgan fingerprint density at radius 2 is 1.96 bits per heavy atom. The van der Waals surface area contributed by atoms with Gasteiger partial charge in [0.05, 0.1) is 12.2 Å². The fourth-order valence-corrected chi connectivity index (χ4v) is 3.02. The quantitative estimate of drug-likeness (QED) is 0.762. The molecule has 0 saturated heterocycles. The summed E-state index contributed by atoms with van der Waals surface area (Å²) in [5, 5.41) is 7.26. The molecule has 0 aliphatic carbocycles. The normalized spacial score (nSPS) is 15.8. The van der Waals surface area contributed by atoms with Gasteiger partial charge < -0.3 is 20.7 Å². The number of carbonyl (C=O) groups excluding carboxylic acids is 2. The number of nitrogens with one attached hydrogen (secondary N) is 1. The van der Waals surface area contributed by atoms with Gasteiger partial charge in [-0.2, -0.15) is 4.98 Å². The zero-order valence-corrected chi connectivity index (χ0v) is 15.7. The third-order valence-corrected chi connectivity index (χ3v) is 4.30. The summed E-state index contributed by atoms with van der Waals surface area (Å²) in [5.74, 6) is -0.920. The van der Waals surface area contributed by atoms with Gasteiger partial charge in [0.1, 0.15) is 6.04 Å². The average Bonchev–Trinajstić information content (AvgIpc) is 3.04. The summed E-state index contributed by atoms with van der Waals surface area (Å²) in [4.78, 5) is 30.3. The Morgan fingerprint density at radius 3 is 2.52 bits per heavy atom. The van der Waals surface area contributed by atoms with Crippen LogP contribution >= 0.6 is 0 Å². The summed E-state index contributed by atoms with van der Waals surface area (Å²) in [6.07, 6.45) is 0. The highest BCUT2D eigenvalue weighted by molar-refractivity contribution is 5.95. The molecule has 9 heteroatoms. The topological polar surface area (TPSA) is 115 Å². The Morgan fingerprint density at radius 1 is 1.30 bits per heavy atom. The molecule has 0 bridgehead atoms. The first-order valence-corrected chi connectivity index (χ1v) is 8.52. The highest BCUT2D eigenvalue weighted by Crippen LogP contribution is 2.35. The van der Waals surface area contributed by atoms with Crippen LogP contribution in [-0.2, 0) is 9.53 Å². The predicted octanol–water partition coefficient (Wildman–Crippen LogP) is 1.29. The molecule has 1 unspecified atom stereocenters. The molecule has 0 radical (unpaired) electrons. The molecule has 9 nitrogen and oxygen atoms in total. The molecule has 1 aliphatic rings. The van der Waals surface area contributed by atoms with E-state index in [4.69, 9.17) is 10.5 Å². The van der Waals surface area contributed by atoms with Gasteiger partial charge in [0.2, 0.25) is 11.9 Å². The van der Waals surface area contributed by atoms with Crippen LogP contribution in [0.25, 0.3) is 0 Å². The lowest BCUT2D eigenvalue weighted by Gasteiger charge is -2.28. The van der Waals surface area contributed by atoms with Gasteiger partial charge in [-0.3, -0.25) is 4.79 Å². The zero-order chi connectivity index (χ0) is 19.7. The highest BCUT2D eigenvalue weighted by atomic mass is 16.5. The molecule has 27 heavy (non-hydrogen) atoms. The number of fused-ring (bicyclic) bond motifs is 1. The van der Waals surface area contributed by atoms with E-state index in [2.05, 4.69) is 15.4 Å². The SMILES string of the molecule is CCOC(=O)c1nc2n(n1)C(c1ccc(N(C)C)cc1)C(C(N)=O)=C(C)N2. The molecule has 0 fully saturated rings. The lowest BCUT2D eigenvalue weighted by molar-refractivity contribution is -0.115. The number of nitrogens with two attached hydrogens (primary N) is 1. The van der Waals surface area contributed by atoms with Gasteiger partial charge in [-0.1, -0.05) is 12.1 Å². The van der Waals surface area contributed by atoms with Gasteiger partial charge in [0, 0.05) is 25.5 Å². The van der Waals surface area contributed by atoms with Crippen LogP contribution in [0.5, 0.6) is 0 Å². The molecule has 3 rings (SSSR count). The number of benzene rings is 1. The molecule has 3 N–H and O–H groups in total. The lowest BCUT2D eigenvalue weighted by atomic mass is 9.95. The van der Waals surface area contributed by atoms with Crippen LogP contribution in [0.2, 0.25) is 0 Å². The summed E-state index contributed by atoms with van der Waals surface area (Å²) >= 11 is 0. The van der Waals surface area contributed by atoms with E-state index in [0.29, 0.717) is 17.2 Å². The summed E-state index contributed by atoms with van der Waals surface area (Å²) in [6, 6.07) is 7.09. The minimum Gasteiger partial charge on any atom is -0.460 e. The maximum atomic E-state index is 12.1. The van der Waals surface area contributed by atoms with E-state index in [1.54, 1.807) is 13.8 Å². The fraction of sp³-hybridized carbons (Fsp3) is 0.333. The van der Waals surface area contributed by atoms with Crippen LogP contribution in [0.1, 0.15) is 36.1 Å². The van der Waals surface area contributed by atoms with Crippen LogP contribution in [0.4, 0.5) is 11.6 Å². The molecule has 1 amide bonds. The zero-order valence-electron chi connectivity index (χ0n) is 15.7. The molecule has 1 aliphatic heterocycles. The largest absolute Gasteiger partial charge is 0.460 e. The van der Waals surface area contributed by atoms with E-state index < -0.39 is 17.9 Å². The van der Waals surface area contributed by atoms with Crippen LogP contribution in [0, 0.1) is 0 Å². The number of anilines is 2. The van der Waals surface area contributed by atoms with E-state index in [9.17, 15) is 9.59 Å². The van der Waals surface area contributed by atoms with Crippen LogP contribution < -0.4 is 16.0 Å². The van der Waals surface area contributed by atoms with Crippen molar-refractivity contribution >= 4 is 23.5 Å². The van der Waals surface area contributed by atoms with Crippen molar-refractivity contribution in [2.45, 2.75) is 19.9 Å². The number of ether oxygens (including phenoxy) is 1. The number of rotatable bonds is 5. The molecule has 2 aromatic rings. The number of aromatic nitrogens is 3. The number of nitrogens with zero attached hydrogens (tertiary/aromatic N) is 4. The first-order valence-electron chi connectivity index (χ1n) is 8.52. The minimum absolute atomic E-state index is 0.0761. The third-order valence-electron chi connectivity index (χ3n) is 4.30. The van der Waals surface area contributed by atoms with Gasteiger partial charge >= 0.3 is 5.97 Å². The van der Waals surface area contributed by atoms with Crippen molar-refractivity contribution in [3.05, 3.63) is 46.9 Å². The van der Waals surface area contributed by atoms with Crippen molar-refractivity contribution in [1.82, 2.24) is 14.8 Å². The van der Waals surface area contributed by atoms with Gasteiger partial charge in [0.15, 0.2) is 0 Å². The third kappa shape index (κ3) is 3.35. The Kier molecular flexibility index (Phi) is 4.85. The monoisotopic (exact) mass is 370 g/mol. The molecule has 1 aromatic carbocycles. The number of primary amides is 1. The van der Waals surface area contributed by atoms with Crippen molar-refractivity contribution in [3.63, 3.8) is 0 Å². The maximum Gasteiger partial charge on any atom is 0.378 e.